The minimum Gasteiger partial charge on any atom is -0.350 e. The fraction of sp³-hybridized carbons (Fsp3) is 0.474. The Morgan fingerprint density at radius 1 is 1.25 bits per heavy atom. The van der Waals surface area contributed by atoms with E-state index < -0.39 is 0 Å². The molecule has 3 heterocycles. The van der Waals surface area contributed by atoms with Crippen molar-refractivity contribution in [2.75, 3.05) is 13.1 Å². The second-order valence-corrected chi connectivity index (χ2v) is 7.17. The van der Waals surface area contributed by atoms with E-state index in [4.69, 9.17) is 0 Å². The highest BCUT2D eigenvalue weighted by molar-refractivity contribution is 5.81. The van der Waals surface area contributed by atoms with Crippen LogP contribution in [0, 0.1) is 0 Å². The molecule has 0 saturated carbocycles. The molecule has 0 radical (unpaired) electrons. The fourth-order valence-corrected chi connectivity index (χ4v) is 4.31. The number of benzene rings is 1. The Morgan fingerprint density at radius 2 is 2.00 bits per heavy atom. The van der Waals surface area contributed by atoms with E-state index in [1.807, 2.05) is 24.0 Å². The van der Waals surface area contributed by atoms with Crippen LogP contribution >= 0.6 is 0 Å². The minimum absolute atomic E-state index is 0.0656. The lowest BCUT2D eigenvalue weighted by atomic mass is 9.74. The lowest BCUT2D eigenvalue weighted by molar-refractivity contribution is -0.120. The molecule has 2 saturated heterocycles. The van der Waals surface area contributed by atoms with Gasteiger partial charge >= 0.3 is 0 Å². The van der Waals surface area contributed by atoms with E-state index >= 15 is 0 Å². The van der Waals surface area contributed by atoms with Crippen LogP contribution in [-0.2, 0) is 18.4 Å². The first-order chi connectivity index (χ1) is 11.6. The number of nitrogens with zero attached hydrogens (tertiary/aromatic N) is 3. The topological polar surface area (TPSA) is 50.2 Å². The summed E-state index contributed by atoms with van der Waals surface area (Å²) in [6, 6.07) is 10.5. The van der Waals surface area contributed by atoms with E-state index in [1.54, 1.807) is 0 Å². The molecule has 4 rings (SSSR count). The van der Waals surface area contributed by atoms with Crippen molar-refractivity contribution in [2.45, 2.75) is 37.3 Å². The van der Waals surface area contributed by atoms with Gasteiger partial charge < -0.3 is 5.32 Å². The van der Waals surface area contributed by atoms with Crippen molar-refractivity contribution in [3.63, 3.8) is 0 Å². The van der Waals surface area contributed by atoms with Crippen LogP contribution in [-0.4, -0.2) is 39.2 Å². The first-order valence-electron chi connectivity index (χ1n) is 8.70. The summed E-state index contributed by atoms with van der Waals surface area (Å²) in [7, 11) is 1.95. The van der Waals surface area contributed by atoms with Gasteiger partial charge in [-0.1, -0.05) is 30.3 Å². The Morgan fingerprint density at radius 3 is 2.67 bits per heavy atom. The lowest BCUT2D eigenvalue weighted by Gasteiger charge is -2.43. The number of likely N-dealkylation sites (tertiary alicyclic amines) is 1. The SMILES string of the molecule is Cn1cc(CN2CCC3(CC2)NC(=O)CC3c2ccccc2)cn1. The molecule has 1 N–H and O–H groups in total. The van der Waals surface area contributed by atoms with Crippen molar-refractivity contribution in [2.24, 2.45) is 7.05 Å². The number of hydrogen-bond donors (Lipinski definition) is 1. The van der Waals surface area contributed by atoms with E-state index in [1.165, 1.54) is 11.1 Å². The van der Waals surface area contributed by atoms with Crippen LogP contribution in [0.15, 0.2) is 42.7 Å². The van der Waals surface area contributed by atoms with Gasteiger partial charge in [0, 0.05) is 56.3 Å². The van der Waals surface area contributed by atoms with Gasteiger partial charge in [0.05, 0.1) is 6.20 Å². The van der Waals surface area contributed by atoms with E-state index in [0.29, 0.717) is 12.3 Å². The Balaban J connectivity index is 1.47. The molecule has 2 fully saturated rings. The van der Waals surface area contributed by atoms with Gasteiger partial charge in [0.25, 0.3) is 0 Å². The maximum Gasteiger partial charge on any atom is 0.221 e. The molecule has 1 atom stereocenters. The largest absolute Gasteiger partial charge is 0.350 e. The lowest BCUT2D eigenvalue weighted by Crippen LogP contribution is -2.53. The molecule has 5 heteroatoms. The molecule has 1 amide bonds. The minimum atomic E-state index is -0.0656. The number of carbonyl (C=O) groups excluding carboxylic acids is 1. The first-order valence-corrected chi connectivity index (χ1v) is 8.70. The third-order valence-electron chi connectivity index (χ3n) is 5.56. The highest BCUT2D eigenvalue weighted by Gasteiger charge is 2.48. The zero-order chi connectivity index (χ0) is 16.6. The van der Waals surface area contributed by atoms with E-state index in [2.05, 4.69) is 45.8 Å². The third kappa shape index (κ3) is 2.84. The number of nitrogens with one attached hydrogen (secondary N) is 1. The molecule has 126 valence electrons. The zero-order valence-corrected chi connectivity index (χ0v) is 14.1. The average Bonchev–Trinajstić information content (AvgIpc) is 3.14. The van der Waals surface area contributed by atoms with Crippen molar-refractivity contribution in [1.29, 1.82) is 0 Å². The van der Waals surface area contributed by atoms with Crippen LogP contribution in [0.25, 0.3) is 0 Å². The maximum absolute atomic E-state index is 12.1. The Labute approximate surface area is 142 Å². The molecular weight excluding hydrogens is 300 g/mol. The Hall–Kier alpha value is -2.14. The van der Waals surface area contributed by atoms with Gasteiger partial charge in [0.1, 0.15) is 0 Å². The summed E-state index contributed by atoms with van der Waals surface area (Å²) < 4.78 is 1.85. The molecule has 0 bridgehead atoms. The molecule has 2 aliphatic heterocycles. The third-order valence-corrected chi connectivity index (χ3v) is 5.56. The van der Waals surface area contributed by atoms with Gasteiger partial charge in [-0.3, -0.25) is 14.4 Å². The van der Waals surface area contributed by atoms with Crippen molar-refractivity contribution in [1.82, 2.24) is 20.0 Å². The van der Waals surface area contributed by atoms with Crippen molar-refractivity contribution in [3.05, 3.63) is 53.9 Å². The smallest absolute Gasteiger partial charge is 0.221 e. The van der Waals surface area contributed by atoms with E-state index in [-0.39, 0.29) is 11.4 Å². The number of amides is 1. The van der Waals surface area contributed by atoms with Crippen LogP contribution < -0.4 is 5.32 Å². The Kier molecular flexibility index (Phi) is 3.88. The van der Waals surface area contributed by atoms with Crippen LogP contribution in [0.3, 0.4) is 0 Å². The molecular formula is C19H24N4O. The molecule has 1 aromatic carbocycles. The van der Waals surface area contributed by atoms with Crippen molar-refractivity contribution in [3.8, 4) is 0 Å². The summed E-state index contributed by atoms with van der Waals surface area (Å²) in [6.45, 7) is 2.96. The van der Waals surface area contributed by atoms with Gasteiger partial charge in [-0.05, 0) is 18.4 Å². The van der Waals surface area contributed by atoms with Crippen LogP contribution in [0.1, 0.15) is 36.3 Å². The molecule has 0 aliphatic carbocycles. The van der Waals surface area contributed by atoms with E-state index in [9.17, 15) is 4.79 Å². The molecule has 24 heavy (non-hydrogen) atoms. The highest BCUT2D eigenvalue weighted by atomic mass is 16.2. The highest BCUT2D eigenvalue weighted by Crippen LogP contribution is 2.43. The predicted molar refractivity (Wildman–Crippen MR) is 92.4 cm³/mol. The molecule has 2 aliphatic rings. The number of carbonyl (C=O) groups is 1. The Bertz CT molecular complexity index is 716. The molecule has 1 spiro atoms. The summed E-state index contributed by atoms with van der Waals surface area (Å²) in [4.78, 5) is 14.6. The van der Waals surface area contributed by atoms with E-state index in [0.717, 1.165) is 32.5 Å². The second-order valence-electron chi connectivity index (χ2n) is 7.17. The standard InChI is InChI=1S/C19H24N4O/c1-22-13-15(12-20-22)14-23-9-7-19(8-10-23)17(11-18(24)21-19)16-5-3-2-4-6-16/h2-6,12-13,17H,7-11,14H2,1H3,(H,21,24). The fourth-order valence-electron chi connectivity index (χ4n) is 4.31. The summed E-state index contributed by atoms with van der Waals surface area (Å²) >= 11 is 0. The monoisotopic (exact) mass is 324 g/mol. The van der Waals surface area contributed by atoms with Gasteiger partial charge in [-0.2, -0.15) is 5.10 Å². The predicted octanol–water partition coefficient (Wildman–Crippen LogP) is 2.06. The number of aryl methyl sites for hydroxylation is 1. The maximum atomic E-state index is 12.1. The van der Waals surface area contributed by atoms with Crippen molar-refractivity contribution < 1.29 is 4.79 Å². The molecule has 2 aromatic rings. The first kappa shape index (κ1) is 15.4. The number of hydrogen-bond acceptors (Lipinski definition) is 3. The van der Waals surface area contributed by atoms with Crippen LogP contribution in [0.4, 0.5) is 0 Å². The summed E-state index contributed by atoms with van der Waals surface area (Å²) in [6.07, 6.45) is 6.66. The number of rotatable bonds is 3. The molecule has 5 nitrogen and oxygen atoms in total. The zero-order valence-electron chi connectivity index (χ0n) is 14.1. The number of aromatic nitrogens is 2. The van der Waals surface area contributed by atoms with Gasteiger partial charge in [-0.15, -0.1) is 0 Å². The quantitative estimate of drug-likeness (QED) is 0.940. The normalized spacial score (nSPS) is 23.5. The van der Waals surface area contributed by atoms with Gasteiger partial charge in [-0.25, -0.2) is 0 Å². The van der Waals surface area contributed by atoms with Gasteiger partial charge in [0.2, 0.25) is 5.91 Å². The number of piperidine rings is 1. The second kappa shape index (κ2) is 6.06. The molecule has 1 aromatic heterocycles. The van der Waals surface area contributed by atoms with Crippen LogP contribution in [0.5, 0.6) is 0 Å². The van der Waals surface area contributed by atoms with Gasteiger partial charge in [0.15, 0.2) is 0 Å². The summed E-state index contributed by atoms with van der Waals surface area (Å²) in [5.41, 5.74) is 2.48. The van der Waals surface area contributed by atoms with Crippen LogP contribution in [0.2, 0.25) is 0 Å². The summed E-state index contributed by atoms with van der Waals surface area (Å²) in [5, 5.41) is 7.57. The average molecular weight is 324 g/mol. The molecule has 1 unspecified atom stereocenters. The summed E-state index contributed by atoms with van der Waals surface area (Å²) in [5.74, 6) is 0.497. The van der Waals surface area contributed by atoms with Crippen molar-refractivity contribution >= 4 is 5.91 Å².